The van der Waals surface area contributed by atoms with Crippen LogP contribution in [0.3, 0.4) is 0 Å². The number of rotatable bonds is 5. The van der Waals surface area contributed by atoms with Gasteiger partial charge in [0, 0.05) is 30.6 Å². The van der Waals surface area contributed by atoms with E-state index in [-0.39, 0.29) is 0 Å². The van der Waals surface area contributed by atoms with E-state index in [9.17, 15) is 0 Å². The van der Waals surface area contributed by atoms with Gasteiger partial charge in [0.15, 0.2) is 0 Å². The van der Waals surface area contributed by atoms with Crippen molar-refractivity contribution in [2.75, 3.05) is 13.2 Å². The standard InChI is InChI=1S/C16H19N3O/c17-8-4-2-1-3-6-14-10-16(12-18-11-14)20-13-15-7-5-9-19-15/h10-12,15,19H,1-2,4-5,7,9,13H2/t15-/m0/s1. The van der Waals surface area contributed by atoms with Crippen molar-refractivity contribution in [2.45, 2.75) is 38.1 Å². The first-order chi connectivity index (χ1) is 9.88. The maximum absolute atomic E-state index is 8.44. The molecule has 2 heterocycles. The fourth-order valence-corrected chi connectivity index (χ4v) is 2.08. The number of nitriles is 1. The lowest BCUT2D eigenvalue weighted by Crippen LogP contribution is -2.28. The van der Waals surface area contributed by atoms with Crippen molar-refractivity contribution >= 4 is 0 Å². The molecule has 1 fully saturated rings. The van der Waals surface area contributed by atoms with E-state index < -0.39 is 0 Å². The van der Waals surface area contributed by atoms with Crippen LogP contribution < -0.4 is 10.1 Å². The Morgan fingerprint density at radius 1 is 1.40 bits per heavy atom. The molecule has 1 aliphatic rings. The second-order valence-corrected chi connectivity index (χ2v) is 4.83. The molecular formula is C16H19N3O. The molecule has 1 N–H and O–H groups in total. The molecule has 1 aliphatic heterocycles. The lowest BCUT2D eigenvalue weighted by Gasteiger charge is -2.11. The highest BCUT2D eigenvalue weighted by molar-refractivity contribution is 5.36. The summed E-state index contributed by atoms with van der Waals surface area (Å²) in [4.78, 5) is 4.14. The van der Waals surface area contributed by atoms with Gasteiger partial charge in [-0.3, -0.25) is 4.98 Å². The summed E-state index contributed by atoms with van der Waals surface area (Å²) in [5, 5.41) is 11.8. The first-order valence-electron chi connectivity index (χ1n) is 7.05. The summed E-state index contributed by atoms with van der Waals surface area (Å²) in [7, 11) is 0. The van der Waals surface area contributed by atoms with Crippen molar-refractivity contribution in [2.24, 2.45) is 0 Å². The Bertz CT molecular complexity index is 519. The Balaban J connectivity index is 1.82. The largest absolute Gasteiger partial charge is 0.490 e. The third-order valence-electron chi connectivity index (χ3n) is 3.15. The molecule has 0 spiro atoms. The van der Waals surface area contributed by atoms with Crippen molar-refractivity contribution < 1.29 is 4.74 Å². The highest BCUT2D eigenvalue weighted by atomic mass is 16.5. The maximum Gasteiger partial charge on any atom is 0.138 e. The molecule has 104 valence electrons. The lowest BCUT2D eigenvalue weighted by atomic mass is 10.2. The first-order valence-corrected chi connectivity index (χ1v) is 7.05. The van der Waals surface area contributed by atoms with E-state index in [2.05, 4.69) is 28.2 Å². The molecule has 1 saturated heterocycles. The van der Waals surface area contributed by atoms with E-state index in [4.69, 9.17) is 10.00 Å². The number of ether oxygens (including phenoxy) is 1. The second-order valence-electron chi connectivity index (χ2n) is 4.83. The Labute approximate surface area is 120 Å². The zero-order chi connectivity index (χ0) is 14.0. The van der Waals surface area contributed by atoms with E-state index in [0.29, 0.717) is 19.1 Å². The Morgan fingerprint density at radius 3 is 3.15 bits per heavy atom. The van der Waals surface area contributed by atoms with Crippen LogP contribution in [-0.4, -0.2) is 24.2 Å². The average molecular weight is 269 g/mol. The van der Waals surface area contributed by atoms with Gasteiger partial charge in [0.2, 0.25) is 0 Å². The number of nitrogens with zero attached hydrogens (tertiary/aromatic N) is 2. The van der Waals surface area contributed by atoms with E-state index in [1.807, 2.05) is 6.07 Å². The number of aromatic nitrogens is 1. The predicted molar refractivity (Wildman–Crippen MR) is 77.1 cm³/mol. The number of unbranched alkanes of at least 4 members (excludes halogenated alkanes) is 2. The monoisotopic (exact) mass is 269 g/mol. The summed E-state index contributed by atoms with van der Waals surface area (Å²) in [5.41, 5.74) is 0.860. The highest BCUT2D eigenvalue weighted by Crippen LogP contribution is 2.13. The van der Waals surface area contributed by atoms with Gasteiger partial charge in [0.1, 0.15) is 12.4 Å². The van der Waals surface area contributed by atoms with Gasteiger partial charge in [-0.15, -0.1) is 0 Å². The van der Waals surface area contributed by atoms with E-state index in [1.165, 1.54) is 12.8 Å². The predicted octanol–water partition coefficient (Wildman–Crippen LogP) is 2.26. The van der Waals surface area contributed by atoms with Crippen LogP contribution in [0.2, 0.25) is 0 Å². The lowest BCUT2D eigenvalue weighted by molar-refractivity contribution is 0.276. The van der Waals surface area contributed by atoms with Crippen LogP contribution in [0.4, 0.5) is 0 Å². The molecule has 2 rings (SSSR count). The van der Waals surface area contributed by atoms with Crippen LogP contribution in [0.15, 0.2) is 18.5 Å². The van der Waals surface area contributed by atoms with E-state index in [1.54, 1.807) is 12.4 Å². The summed E-state index contributed by atoms with van der Waals surface area (Å²) < 4.78 is 5.74. The first kappa shape index (κ1) is 14.4. The van der Waals surface area contributed by atoms with Crippen LogP contribution in [0, 0.1) is 23.2 Å². The number of hydrogen-bond acceptors (Lipinski definition) is 4. The minimum atomic E-state index is 0.454. The molecule has 0 amide bonds. The van der Waals surface area contributed by atoms with Crippen LogP contribution in [-0.2, 0) is 0 Å². The van der Waals surface area contributed by atoms with Crippen molar-refractivity contribution in [3.05, 3.63) is 24.0 Å². The molecule has 0 radical (unpaired) electrons. The summed E-state index contributed by atoms with van der Waals surface area (Å²) in [6.45, 7) is 1.77. The SMILES string of the molecule is N#CCCCC#Cc1cncc(OC[C@@H]2CCCN2)c1. The molecule has 1 aromatic heterocycles. The van der Waals surface area contributed by atoms with Gasteiger partial charge in [-0.2, -0.15) is 5.26 Å². The molecule has 20 heavy (non-hydrogen) atoms. The molecule has 0 saturated carbocycles. The third-order valence-corrected chi connectivity index (χ3v) is 3.15. The number of hydrogen-bond donors (Lipinski definition) is 1. The van der Waals surface area contributed by atoms with Crippen LogP contribution in [0.5, 0.6) is 5.75 Å². The molecular weight excluding hydrogens is 250 g/mol. The summed E-state index contributed by atoms with van der Waals surface area (Å²) in [6, 6.07) is 4.48. The van der Waals surface area contributed by atoms with E-state index >= 15 is 0 Å². The second kappa shape index (κ2) is 8.19. The molecule has 0 unspecified atom stereocenters. The number of pyridine rings is 1. The molecule has 0 bridgehead atoms. The molecule has 0 aliphatic carbocycles. The molecule has 1 aromatic rings. The zero-order valence-corrected chi connectivity index (χ0v) is 11.6. The maximum atomic E-state index is 8.44. The van der Waals surface area contributed by atoms with Crippen LogP contribution >= 0.6 is 0 Å². The van der Waals surface area contributed by atoms with Gasteiger partial charge < -0.3 is 10.1 Å². The molecule has 4 heteroatoms. The van der Waals surface area contributed by atoms with Gasteiger partial charge in [-0.25, -0.2) is 0 Å². The van der Waals surface area contributed by atoms with Gasteiger partial charge in [-0.1, -0.05) is 11.8 Å². The van der Waals surface area contributed by atoms with Crippen molar-refractivity contribution in [1.29, 1.82) is 5.26 Å². The van der Waals surface area contributed by atoms with Crippen LogP contribution in [0.1, 0.15) is 37.7 Å². The third kappa shape index (κ3) is 4.91. The van der Waals surface area contributed by atoms with Gasteiger partial charge >= 0.3 is 0 Å². The van der Waals surface area contributed by atoms with Crippen molar-refractivity contribution in [1.82, 2.24) is 10.3 Å². The summed E-state index contributed by atoms with van der Waals surface area (Å²) in [5.74, 6) is 6.87. The van der Waals surface area contributed by atoms with Crippen molar-refractivity contribution in [3.63, 3.8) is 0 Å². The molecule has 0 aromatic carbocycles. The Hall–Kier alpha value is -2.04. The Kier molecular flexibility index (Phi) is 5.89. The van der Waals surface area contributed by atoms with Gasteiger partial charge in [-0.05, 0) is 31.9 Å². The summed E-state index contributed by atoms with van der Waals surface area (Å²) >= 11 is 0. The molecule has 1 atom stereocenters. The van der Waals surface area contributed by atoms with Crippen molar-refractivity contribution in [3.8, 4) is 23.7 Å². The molecule has 4 nitrogen and oxygen atoms in total. The minimum Gasteiger partial charge on any atom is -0.490 e. The highest BCUT2D eigenvalue weighted by Gasteiger charge is 2.14. The van der Waals surface area contributed by atoms with Gasteiger partial charge in [0.05, 0.1) is 12.3 Å². The number of nitrogens with one attached hydrogen (secondary N) is 1. The fraction of sp³-hybridized carbons (Fsp3) is 0.500. The Morgan fingerprint density at radius 2 is 2.35 bits per heavy atom. The quantitative estimate of drug-likeness (QED) is 0.658. The van der Waals surface area contributed by atoms with Crippen LogP contribution in [0.25, 0.3) is 0 Å². The topological polar surface area (TPSA) is 57.9 Å². The zero-order valence-electron chi connectivity index (χ0n) is 11.6. The van der Waals surface area contributed by atoms with Gasteiger partial charge in [0.25, 0.3) is 0 Å². The normalized spacial score (nSPS) is 17.1. The smallest absolute Gasteiger partial charge is 0.138 e. The average Bonchev–Trinajstić information content (AvgIpc) is 2.99. The fourth-order valence-electron chi connectivity index (χ4n) is 2.08. The minimum absolute atomic E-state index is 0.454. The summed E-state index contributed by atoms with van der Waals surface area (Å²) in [6.07, 6.45) is 7.97. The van der Waals surface area contributed by atoms with E-state index in [0.717, 1.165) is 30.7 Å².